The van der Waals surface area contributed by atoms with Crippen molar-refractivity contribution in [2.45, 2.75) is 37.9 Å². The smallest absolute Gasteiger partial charge is 0.248 e. The largest absolute Gasteiger partial charge is 0.490 e. The number of ether oxygens (including phenoxy) is 2. The minimum absolute atomic E-state index is 0.00847. The second kappa shape index (κ2) is 12.0. The molecule has 2 fully saturated rings. The maximum Gasteiger partial charge on any atom is 0.248 e. The molecule has 0 unspecified atom stereocenters. The average molecular weight is 530 g/mol. The van der Waals surface area contributed by atoms with Gasteiger partial charge in [0.25, 0.3) is 0 Å². The average Bonchev–Trinajstić information content (AvgIpc) is 3.04. The van der Waals surface area contributed by atoms with Crippen LogP contribution >= 0.6 is 0 Å². The summed E-state index contributed by atoms with van der Waals surface area (Å²) in [5, 5.41) is 23.2. The summed E-state index contributed by atoms with van der Waals surface area (Å²) in [6.07, 6.45) is 1.04. The highest BCUT2D eigenvalue weighted by Crippen LogP contribution is 2.29. The van der Waals surface area contributed by atoms with E-state index in [0.29, 0.717) is 51.3 Å². The summed E-state index contributed by atoms with van der Waals surface area (Å²) in [6.45, 7) is 6.85. The number of rotatable bonds is 8. The van der Waals surface area contributed by atoms with Crippen LogP contribution in [0.4, 0.5) is 10.1 Å². The van der Waals surface area contributed by atoms with E-state index in [0.717, 1.165) is 16.8 Å². The molecule has 2 aromatic rings. The molecular weight excluding hydrogens is 489 g/mol. The summed E-state index contributed by atoms with van der Waals surface area (Å²) in [5.74, 6) is 0.194. The number of amides is 1. The number of nitrogens with zero attached hydrogens (tertiary/aromatic N) is 3. The van der Waals surface area contributed by atoms with E-state index in [1.807, 2.05) is 43.0 Å². The molecule has 0 spiro atoms. The predicted octanol–water partition coefficient (Wildman–Crippen LogP) is 2.37. The number of aliphatic hydroxyl groups is 2. The molecule has 0 aliphatic carbocycles. The number of hydrogen-bond donors (Lipinski definition) is 2. The Balaban J connectivity index is 1.43. The lowest BCUT2D eigenvalue weighted by Crippen LogP contribution is -2.56. The van der Waals surface area contributed by atoms with E-state index in [-0.39, 0.29) is 38.0 Å². The van der Waals surface area contributed by atoms with Gasteiger partial charge in [-0.3, -0.25) is 9.69 Å². The fraction of sp³-hybridized carbons (Fsp3) is 0.552. The minimum atomic E-state index is -1.34. The SMILES string of the molecule is COCC(=O)N1CCN(CC2(O)CCN(c3cccc(F)c3)CC2)C[C@@](O)(COc2ccc(C)c(C)c2)C1. The van der Waals surface area contributed by atoms with Crippen molar-refractivity contribution in [2.75, 3.05) is 71.0 Å². The van der Waals surface area contributed by atoms with Crippen molar-refractivity contribution in [1.82, 2.24) is 9.80 Å². The van der Waals surface area contributed by atoms with Gasteiger partial charge in [-0.2, -0.15) is 0 Å². The molecular formula is C29H40FN3O5. The number of carbonyl (C=O) groups is 1. The van der Waals surface area contributed by atoms with E-state index in [4.69, 9.17) is 9.47 Å². The number of piperidine rings is 1. The third kappa shape index (κ3) is 7.22. The molecule has 2 aliphatic heterocycles. The van der Waals surface area contributed by atoms with Crippen LogP contribution in [-0.2, 0) is 9.53 Å². The van der Waals surface area contributed by atoms with Crippen molar-refractivity contribution in [3.8, 4) is 5.75 Å². The van der Waals surface area contributed by atoms with Gasteiger partial charge in [-0.25, -0.2) is 4.39 Å². The number of β-amino-alcohol motifs (C(OH)–C–C–N with tert-alkyl or cyclic N) is 2. The van der Waals surface area contributed by atoms with Gasteiger partial charge in [0.15, 0.2) is 0 Å². The zero-order chi connectivity index (χ0) is 27.3. The Kier molecular flexibility index (Phi) is 8.92. The lowest BCUT2D eigenvalue weighted by atomic mass is 9.90. The summed E-state index contributed by atoms with van der Waals surface area (Å²) in [7, 11) is 1.47. The second-order valence-electron chi connectivity index (χ2n) is 10.9. The zero-order valence-electron chi connectivity index (χ0n) is 22.7. The first kappa shape index (κ1) is 28.3. The Bertz CT molecular complexity index is 1110. The fourth-order valence-electron chi connectivity index (χ4n) is 5.35. The molecule has 9 heteroatoms. The lowest BCUT2D eigenvalue weighted by molar-refractivity contribution is -0.138. The van der Waals surface area contributed by atoms with Gasteiger partial charge in [0.2, 0.25) is 5.91 Å². The van der Waals surface area contributed by atoms with Gasteiger partial charge in [0, 0.05) is 52.1 Å². The third-order valence-electron chi connectivity index (χ3n) is 7.68. The fourth-order valence-corrected chi connectivity index (χ4v) is 5.35. The number of anilines is 1. The Hall–Kier alpha value is -2.72. The molecule has 1 amide bonds. The summed E-state index contributed by atoms with van der Waals surface area (Å²) in [4.78, 5) is 18.4. The number of benzene rings is 2. The van der Waals surface area contributed by atoms with Crippen LogP contribution in [0.2, 0.25) is 0 Å². The number of carbonyl (C=O) groups excluding carboxylic acids is 1. The van der Waals surface area contributed by atoms with Crippen molar-refractivity contribution in [1.29, 1.82) is 0 Å². The molecule has 1 atom stereocenters. The number of aryl methyl sites for hydroxylation is 2. The molecule has 38 heavy (non-hydrogen) atoms. The van der Waals surface area contributed by atoms with E-state index >= 15 is 0 Å². The Morgan fingerprint density at radius 2 is 1.74 bits per heavy atom. The van der Waals surface area contributed by atoms with Crippen molar-refractivity contribution in [3.05, 3.63) is 59.4 Å². The molecule has 0 saturated carbocycles. The number of methoxy groups -OCH3 is 1. The van der Waals surface area contributed by atoms with Gasteiger partial charge in [-0.15, -0.1) is 0 Å². The molecule has 0 bridgehead atoms. The molecule has 2 aromatic carbocycles. The van der Waals surface area contributed by atoms with Crippen LogP contribution in [0.15, 0.2) is 42.5 Å². The highest BCUT2D eigenvalue weighted by molar-refractivity contribution is 5.77. The normalized spacial score (nSPS) is 22.3. The maximum atomic E-state index is 13.7. The van der Waals surface area contributed by atoms with Crippen LogP contribution in [-0.4, -0.2) is 103 Å². The first-order valence-electron chi connectivity index (χ1n) is 13.2. The van der Waals surface area contributed by atoms with E-state index in [9.17, 15) is 19.4 Å². The van der Waals surface area contributed by atoms with Crippen LogP contribution in [0.5, 0.6) is 5.75 Å². The second-order valence-corrected chi connectivity index (χ2v) is 10.9. The molecule has 0 aromatic heterocycles. The van der Waals surface area contributed by atoms with E-state index in [1.54, 1.807) is 11.0 Å². The lowest BCUT2D eigenvalue weighted by Gasteiger charge is -2.42. The summed E-state index contributed by atoms with van der Waals surface area (Å²) < 4.78 is 24.8. The standard InChI is InChI=1S/C29H40FN3O5/c1-22-7-8-26(15-23(22)2)38-21-29(36)19-31(13-14-33(20-29)27(34)17-37-3)18-28(35)9-11-32(12-10-28)25-6-4-5-24(30)16-25/h4-8,15-16,35-36H,9-14,17-21H2,1-3H3/t29-/m0/s1. The number of halogens is 1. The first-order chi connectivity index (χ1) is 18.1. The van der Waals surface area contributed by atoms with Gasteiger partial charge >= 0.3 is 0 Å². The molecule has 208 valence electrons. The van der Waals surface area contributed by atoms with Crippen LogP contribution in [0.25, 0.3) is 0 Å². The van der Waals surface area contributed by atoms with Gasteiger partial charge < -0.3 is 29.5 Å². The van der Waals surface area contributed by atoms with E-state index in [2.05, 4.69) is 4.90 Å². The van der Waals surface area contributed by atoms with Crippen LogP contribution in [0.1, 0.15) is 24.0 Å². The monoisotopic (exact) mass is 529 g/mol. The topological polar surface area (TPSA) is 85.7 Å². The summed E-state index contributed by atoms with van der Waals surface area (Å²) in [5.41, 5.74) is 0.778. The molecule has 8 nitrogen and oxygen atoms in total. The quantitative estimate of drug-likeness (QED) is 0.543. The van der Waals surface area contributed by atoms with Gasteiger partial charge in [-0.1, -0.05) is 12.1 Å². The van der Waals surface area contributed by atoms with Crippen LogP contribution < -0.4 is 9.64 Å². The number of hydrogen-bond acceptors (Lipinski definition) is 7. The Morgan fingerprint density at radius 3 is 2.42 bits per heavy atom. The zero-order valence-corrected chi connectivity index (χ0v) is 22.7. The van der Waals surface area contributed by atoms with Crippen molar-refractivity contribution >= 4 is 11.6 Å². The van der Waals surface area contributed by atoms with E-state index < -0.39 is 11.2 Å². The highest BCUT2D eigenvalue weighted by Gasteiger charge is 2.41. The van der Waals surface area contributed by atoms with Crippen LogP contribution in [0.3, 0.4) is 0 Å². The van der Waals surface area contributed by atoms with Gasteiger partial charge in [0.05, 0.1) is 12.1 Å². The Labute approximate surface area is 224 Å². The highest BCUT2D eigenvalue weighted by atomic mass is 19.1. The molecule has 2 aliphatic rings. The van der Waals surface area contributed by atoms with Crippen molar-refractivity contribution < 1.29 is 28.9 Å². The predicted molar refractivity (Wildman–Crippen MR) is 144 cm³/mol. The first-order valence-corrected chi connectivity index (χ1v) is 13.2. The summed E-state index contributed by atoms with van der Waals surface area (Å²) >= 11 is 0. The molecule has 2 saturated heterocycles. The van der Waals surface area contributed by atoms with Gasteiger partial charge in [0.1, 0.15) is 30.4 Å². The van der Waals surface area contributed by atoms with E-state index in [1.165, 1.54) is 19.2 Å². The maximum absolute atomic E-state index is 13.7. The Morgan fingerprint density at radius 1 is 0.974 bits per heavy atom. The molecule has 4 rings (SSSR count). The van der Waals surface area contributed by atoms with Crippen molar-refractivity contribution in [3.63, 3.8) is 0 Å². The molecule has 2 N–H and O–H groups in total. The third-order valence-corrected chi connectivity index (χ3v) is 7.68. The minimum Gasteiger partial charge on any atom is -0.490 e. The van der Waals surface area contributed by atoms with Gasteiger partial charge in [-0.05, 0) is 68.1 Å². The van der Waals surface area contributed by atoms with Crippen molar-refractivity contribution in [2.24, 2.45) is 0 Å². The molecule has 0 radical (unpaired) electrons. The van der Waals surface area contributed by atoms with Crippen LogP contribution in [0, 0.1) is 19.7 Å². The summed E-state index contributed by atoms with van der Waals surface area (Å²) in [6, 6.07) is 12.3. The molecule has 2 heterocycles.